The maximum absolute atomic E-state index is 13.1. The van der Waals surface area contributed by atoms with E-state index < -0.39 is 72.8 Å². The van der Waals surface area contributed by atoms with Crippen molar-refractivity contribution in [3.8, 4) is 0 Å². The Kier molecular flexibility index (Phi) is 9.93. The molecular weight excluding hydrogens is 474 g/mol. The average Bonchev–Trinajstić information content (AvgIpc) is 3.21. The van der Waals surface area contributed by atoms with E-state index in [0.29, 0.717) is 5.56 Å². The van der Waals surface area contributed by atoms with Gasteiger partial charge in [-0.1, -0.05) is 32.0 Å². The molecule has 1 aromatic heterocycles. The molecule has 2 rings (SSSR count). The molecule has 13 nitrogen and oxygen atoms in total. The summed E-state index contributed by atoms with van der Waals surface area (Å²) in [6.07, 6.45) is 0.935. The Bertz CT molecular complexity index is 1110. The SMILES string of the molecule is CC(C)C(NC(=O)C(Cc1c[nH]c2ccccc12)NC(=O)C(CO)NC(=O)C(N)CC(=O)O)C(=O)O. The number of nitrogens with two attached hydrogens (primary N) is 1. The van der Waals surface area contributed by atoms with Gasteiger partial charge in [-0.2, -0.15) is 0 Å². The molecule has 0 saturated carbocycles. The van der Waals surface area contributed by atoms with Crippen LogP contribution in [-0.4, -0.2) is 80.7 Å². The number of H-pyrrole nitrogens is 1. The molecule has 0 bridgehead atoms. The highest BCUT2D eigenvalue weighted by Gasteiger charge is 2.32. The molecule has 1 aromatic carbocycles. The van der Waals surface area contributed by atoms with Crippen LogP contribution in [0.2, 0.25) is 0 Å². The molecule has 0 aliphatic heterocycles. The fourth-order valence-corrected chi connectivity index (χ4v) is 3.52. The van der Waals surface area contributed by atoms with E-state index in [1.54, 1.807) is 26.1 Å². The second-order valence-corrected chi connectivity index (χ2v) is 8.64. The van der Waals surface area contributed by atoms with Crippen LogP contribution in [0.25, 0.3) is 10.9 Å². The Balaban J connectivity index is 2.26. The summed E-state index contributed by atoms with van der Waals surface area (Å²) in [4.78, 5) is 63.5. The molecule has 0 aliphatic rings. The molecule has 0 aliphatic carbocycles. The highest BCUT2D eigenvalue weighted by molar-refractivity contribution is 5.95. The van der Waals surface area contributed by atoms with Crippen LogP contribution >= 0.6 is 0 Å². The van der Waals surface area contributed by atoms with Crippen molar-refractivity contribution >= 4 is 40.6 Å². The van der Waals surface area contributed by atoms with Crippen LogP contribution in [-0.2, 0) is 30.4 Å². The number of hydrogen-bond acceptors (Lipinski definition) is 7. The molecule has 0 spiro atoms. The van der Waals surface area contributed by atoms with Gasteiger partial charge in [-0.3, -0.25) is 19.2 Å². The second kappa shape index (κ2) is 12.7. The van der Waals surface area contributed by atoms with Crippen LogP contribution in [0, 0.1) is 5.92 Å². The normalized spacial score (nSPS) is 14.5. The van der Waals surface area contributed by atoms with Gasteiger partial charge in [0.2, 0.25) is 17.7 Å². The van der Waals surface area contributed by atoms with Gasteiger partial charge in [0.15, 0.2) is 0 Å². The predicted molar refractivity (Wildman–Crippen MR) is 128 cm³/mol. The molecule has 2 aromatic rings. The summed E-state index contributed by atoms with van der Waals surface area (Å²) in [6.45, 7) is 2.37. The summed E-state index contributed by atoms with van der Waals surface area (Å²) in [6, 6.07) is 1.77. The first-order chi connectivity index (χ1) is 16.9. The van der Waals surface area contributed by atoms with Crippen LogP contribution in [0.1, 0.15) is 25.8 Å². The molecule has 4 unspecified atom stereocenters. The fraction of sp³-hybridized carbons (Fsp3) is 0.435. The first-order valence-corrected chi connectivity index (χ1v) is 11.2. The minimum atomic E-state index is -1.53. The standard InChI is InChI=1S/C23H31N5O8/c1-11(2)19(23(35)36)28-21(33)16(7-12-9-25-15-6-4-3-5-13(12)15)26-22(34)17(10-29)27-20(32)14(24)8-18(30)31/h3-6,9,11,14,16-17,19,25,29H,7-8,10,24H2,1-2H3,(H,26,34)(H,27,32)(H,28,33)(H,30,31)(H,35,36). The van der Waals surface area contributed by atoms with E-state index in [-0.39, 0.29) is 6.42 Å². The lowest BCUT2D eigenvalue weighted by atomic mass is 10.0. The van der Waals surface area contributed by atoms with Gasteiger partial charge in [0.1, 0.15) is 18.1 Å². The van der Waals surface area contributed by atoms with E-state index in [1.165, 1.54) is 0 Å². The number of hydrogen-bond donors (Lipinski definition) is 8. The van der Waals surface area contributed by atoms with Crippen molar-refractivity contribution in [3.05, 3.63) is 36.0 Å². The third-order valence-corrected chi connectivity index (χ3v) is 5.51. The van der Waals surface area contributed by atoms with Gasteiger partial charge in [0, 0.05) is 23.5 Å². The van der Waals surface area contributed by atoms with Crippen molar-refractivity contribution in [2.45, 2.75) is 50.9 Å². The number of aromatic nitrogens is 1. The number of fused-ring (bicyclic) bond motifs is 1. The Morgan fingerprint density at radius 1 is 0.944 bits per heavy atom. The summed E-state index contributed by atoms with van der Waals surface area (Å²) in [5, 5.41) is 35.7. The van der Waals surface area contributed by atoms with E-state index in [9.17, 15) is 34.2 Å². The lowest BCUT2D eigenvalue weighted by Gasteiger charge is -2.25. The largest absolute Gasteiger partial charge is 0.481 e. The summed E-state index contributed by atoms with van der Waals surface area (Å²) < 4.78 is 0. The van der Waals surface area contributed by atoms with Gasteiger partial charge >= 0.3 is 11.9 Å². The number of amides is 3. The lowest BCUT2D eigenvalue weighted by molar-refractivity contribution is -0.143. The van der Waals surface area contributed by atoms with Gasteiger partial charge < -0.3 is 42.0 Å². The van der Waals surface area contributed by atoms with Gasteiger partial charge in [0.25, 0.3) is 0 Å². The van der Waals surface area contributed by atoms with Crippen molar-refractivity contribution in [3.63, 3.8) is 0 Å². The molecule has 9 N–H and O–H groups in total. The van der Waals surface area contributed by atoms with Crippen molar-refractivity contribution in [1.82, 2.24) is 20.9 Å². The van der Waals surface area contributed by atoms with Crippen LogP contribution in [0.15, 0.2) is 30.5 Å². The topological polar surface area (TPSA) is 224 Å². The summed E-state index contributed by atoms with van der Waals surface area (Å²) >= 11 is 0. The Morgan fingerprint density at radius 2 is 1.56 bits per heavy atom. The molecule has 0 saturated heterocycles. The van der Waals surface area contributed by atoms with Crippen molar-refractivity contribution in [1.29, 1.82) is 0 Å². The molecule has 1 heterocycles. The van der Waals surface area contributed by atoms with Crippen molar-refractivity contribution in [2.24, 2.45) is 11.7 Å². The van der Waals surface area contributed by atoms with Gasteiger partial charge in [-0.25, -0.2) is 4.79 Å². The maximum atomic E-state index is 13.1. The average molecular weight is 506 g/mol. The zero-order valence-corrected chi connectivity index (χ0v) is 19.9. The van der Waals surface area contributed by atoms with E-state index in [0.717, 1.165) is 10.9 Å². The number of carboxylic acids is 2. The number of aliphatic hydroxyl groups excluding tert-OH is 1. The van der Waals surface area contributed by atoms with Gasteiger partial charge in [0.05, 0.1) is 19.1 Å². The molecule has 3 amide bonds. The number of rotatable bonds is 13. The highest BCUT2D eigenvalue weighted by Crippen LogP contribution is 2.19. The Labute approximate surface area is 206 Å². The van der Waals surface area contributed by atoms with Gasteiger partial charge in [-0.15, -0.1) is 0 Å². The lowest BCUT2D eigenvalue weighted by Crippen LogP contribution is -2.59. The molecular formula is C23H31N5O8. The first kappa shape index (κ1) is 28.3. The molecule has 0 radical (unpaired) electrons. The summed E-state index contributed by atoms with van der Waals surface area (Å²) in [7, 11) is 0. The third-order valence-electron chi connectivity index (χ3n) is 5.51. The zero-order chi connectivity index (χ0) is 27.0. The van der Waals surface area contributed by atoms with Crippen LogP contribution < -0.4 is 21.7 Å². The van der Waals surface area contributed by atoms with Crippen LogP contribution in [0.5, 0.6) is 0 Å². The van der Waals surface area contributed by atoms with E-state index >= 15 is 0 Å². The van der Waals surface area contributed by atoms with Crippen molar-refractivity contribution < 1.29 is 39.3 Å². The number of carboxylic acid groups (broad SMARTS) is 2. The molecule has 4 atom stereocenters. The smallest absolute Gasteiger partial charge is 0.326 e. The maximum Gasteiger partial charge on any atom is 0.326 e. The minimum Gasteiger partial charge on any atom is -0.481 e. The van der Waals surface area contributed by atoms with E-state index in [2.05, 4.69) is 20.9 Å². The quantitative estimate of drug-likeness (QED) is 0.162. The van der Waals surface area contributed by atoms with E-state index in [1.807, 2.05) is 18.2 Å². The Hall–Kier alpha value is -3.97. The number of aliphatic hydroxyl groups is 1. The Morgan fingerprint density at radius 3 is 2.14 bits per heavy atom. The van der Waals surface area contributed by atoms with Gasteiger partial charge in [-0.05, 0) is 17.5 Å². The summed E-state index contributed by atoms with van der Waals surface area (Å²) in [5.41, 5.74) is 6.95. The first-order valence-electron chi connectivity index (χ1n) is 11.2. The molecule has 13 heteroatoms. The summed E-state index contributed by atoms with van der Waals surface area (Å²) in [5.74, 6) is -5.71. The number of carbonyl (C=O) groups excluding carboxylic acids is 3. The fourth-order valence-electron chi connectivity index (χ4n) is 3.52. The predicted octanol–water partition coefficient (Wildman–Crippen LogP) is -1.30. The molecule has 196 valence electrons. The van der Waals surface area contributed by atoms with Crippen LogP contribution in [0.4, 0.5) is 0 Å². The number of aromatic amines is 1. The number of aliphatic carboxylic acids is 2. The zero-order valence-electron chi connectivity index (χ0n) is 19.9. The van der Waals surface area contributed by atoms with Crippen LogP contribution in [0.3, 0.4) is 0 Å². The van der Waals surface area contributed by atoms with Crippen molar-refractivity contribution in [2.75, 3.05) is 6.61 Å². The minimum absolute atomic E-state index is 0.0311. The molecule has 0 fully saturated rings. The highest BCUT2D eigenvalue weighted by atomic mass is 16.4. The monoisotopic (exact) mass is 505 g/mol. The van der Waals surface area contributed by atoms with E-state index in [4.69, 9.17) is 10.8 Å². The number of carbonyl (C=O) groups is 5. The second-order valence-electron chi connectivity index (χ2n) is 8.64. The molecule has 36 heavy (non-hydrogen) atoms. The number of benzene rings is 1. The third kappa shape index (κ3) is 7.52. The number of nitrogens with one attached hydrogen (secondary N) is 4. The number of para-hydroxylation sites is 1.